The largest absolute Gasteiger partial charge is 0.494 e. The Labute approximate surface area is 151 Å². The Morgan fingerprint density at radius 3 is 2.72 bits per heavy atom. The molecule has 1 unspecified atom stereocenters. The highest BCUT2D eigenvalue weighted by molar-refractivity contribution is 5.45. The molecule has 2 aromatic carbocycles. The molecule has 0 spiro atoms. The van der Waals surface area contributed by atoms with E-state index in [1.165, 1.54) is 16.7 Å². The van der Waals surface area contributed by atoms with Crippen LogP contribution in [-0.2, 0) is 6.42 Å². The summed E-state index contributed by atoms with van der Waals surface area (Å²) in [6, 6.07) is 15.2. The van der Waals surface area contributed by atoms with Crippen LogP contribution in [0.15, 0.2) is 42.5 Å². The lowest BCUT2D eigenvalue weighted by atomic mass is 9.89. The Kier molecular flexibility index (Phi) is 5.98. The van der Waals surface area contributed by atoms with Crippen molar-refractivity contribution in [2.45, 2.75) is 39.7 Å². The zero-order valence-corrected chi connectivity index (χ0v) is 15.5. The molecule has 1 N–H and O–H groups in total. The summed E-state index contributed by atoms with van der Waals surface area (Å²) >= 11 is 0. The van der Waals surface area contributed by atoms with E-state index in [0.717, 1.165) is 37.5 Å². The van der Waals surface area contributed by atoms with Gasteiger partial charge in [0, 0.05) is 6.54 Å². The van der Waals surface area contributed by atoms with E-state index in [4.69, 9.17) is 9.47 Å². The first-order valence-corrected chi connectivity index (χ1v) is 9.39. The molecule has 0 aliphatic carbocycles. The Hall–Kier alpha value is -2.00. The third kappa shape index (κ3) is 4.55. The Morgan fingerprint density at radius 2 is 1.92 bits per heavy atom. The van der Waals surface area contributed by atoms with Crippen LogP contribution in [0.4, 0.5) is 0 Å². The van der Waals surface area contributed by atoms with Crippen LogP contribution in [0.2, 0.25) is 0 Å². The topological polar surface area (TPSA) is 30.5 Å². The third-order valence-corrected chi connectivity index (χ3v) is 4.63. The van der Waals surface area contributed by atoms with Gasteiger partial charge in [-0.1, -0.05) is 32.0 Å². The average molecular weight is 339 g/mol. The molecule has 0 bridgehead atoms. The molecule has 0 aromatic heterocycles. The fraction of sp³-hybridized carbons (Fsp3) is 0.455. The second kappa shape index (κ2) is 8.39. The van der Waals surface area contributed by atoms with Gasteiger partial charge >= 0.3 is 0 Å². The van der Waals surface area contributed by atoms with Crippen molar-refractivity contribution in [2.24, 2.45) is 5.92 Å². The quantitative estimate of drug-likeness (QED) is 0.790. The van der Waals surface area contributed by atoms with Crippen LogP contribution in [0.5, 0.6) is 11.5 Å². The maximum atomic E-state index is 5.94. The van der Waals surface area contributed by atoms with Crippen molar-refractivity contribution < 1.29 is 9.47 Å². The monoisotopic (exact) mass is 339 g/mol. The molecule has 2 aromatic rings. The van der Waals surface area contributed by atoms with Gasteiger partial charge in [0.1, 0.15) is 11.5 Å². The van der Waals surface area contributed by atoms with E-state index in [9.17, 15) is 0 Å². The zero-order chi connectivity index (χ0) is 17.6. The van der Waals surface area contributed by atoms with Gasteiger partial charge in [0.15, 0.2) is 0 Å². The second-order valence-corrected chi connectivity index (χ2v) is 7.03. The number of fused-ring (bicyclic) bond motifs is 1. The molecule has 3 heteroatoms. The van der Waals surface area contributed by atoms with Gasteiger partial charge in [-0.3, -0.25) is 0 Å². The number of hydrogen-bond donors (Lipinski definition) is 1. The molecule has 3 rings (SSSR count). The van der Waals surface area contributed by atoms with Crippen molar-refractivity contribution >= 4 is 0 Å². The third-order valence-electron chi connectivity index (χ3n) is 4.63. The average Bonchev–Trinajstić information content (AvgIpc) is 2.61. The molecule has 1 atom stereocenters. The standard InChI is InChI=1S/C22H29NO2/c1-4-24-20-8-9-21-17(14-20)10-12-23-22(21)18-6-5-7-19(15-18)25-13-11-16(2)3/h5-9,14-16,22-23H,4,10-13H2,1-3H3. The van der Waals surface area contributed by atoms with Crippen LogP contribution in [0.3, 0.4) is 0 Å². The minimum Gasteiger partial charge on any atom is -0.494 e. The first-order chi connectivity index (χ1) is 12.2. The first-order valence-electron chi connectivity index (χ1n) is 9.39. The molecule has 1 aliphatic heterocycles. The smallest absolute Gasteiger partial charge is 0.119 e. The number of ether oxygens (including phenoxy) is 2. The lowest BCUT2D eigenvalue weighted by Crippen LogP contribution is -2.30. The second-order valence-electron chi connectivity index (χ2n) is 7.03. The molecular formula is C22H29NO2. The van der Waals surface area contributed by atoms with Gasteiger partial charge in [0.05, 0.1) is 19.3 Å². The van der Waals surface area contributed by atoms with E-state index in [0.29, 0.717) is 12.5 Å². The minimum absolute atomic E-state index is 0.216. The van der Waals surface area contributed by atoms with Crippen LogP contribution in [0, 0.1) is 5.92 Å². The van der Waals surface area contributed by atoms with Crippen LogP contribution in [-0.4, -0.2) is 19.8 Å². The van der Waals surface area contributed by atoms with E-state index >= 15 is 0 Å². The van der Waals surface area contributed by atoms with Gasteiger partial charge in [-0.05, 0) is 66.6 Å². The van der Waals surface area contributed by atoms with Gasteiger partial charge in [-0.15, -0.1) is 0 Å². The highest BCUT2D eigenvalue weighted by atomic mass is 16.5. The molecule has 0 fully saturated rings. The molecule has 1 aliphatic rings. The van der Waals surface area contributed by atoms with Crippen molar-refractivity contribution in [1.82, 2.24) is 5.32 Å². The van der Waals surface area contributed by atoms with Crippen molar-refractivity contribution in [3.63, 3.8) is 0 Å². The number of benzene rings is 2. The van der Waals surface area contributed by atoms with E-state index < -0.39 is 0 Å². The predicted octanol–water partition coefficient (Wildman–Crippen LogP) is 4.75. The lowest BCUT2D eigenvalue weighted by Gasteiger charge is -2.28. The van der Waals surface area contributed by atoms with E-state index in [2.05, 4.69) is 55.6 Å². The highest BCUT2D eigenvalue weighted by Crippen LogP contribution is 2.32. The highest BCUT2D eigenvalue weighted by Gasteiger charge is 2.22. The maximum Gasteiger partial charge on any atom is 0.119 e. The Morgan fingerprint density at radius 1 is 1.08 bits per heavy atom. The van der Waals surface area contributed by atoms with Gasteiger partial charge < -0.3 is 14.8 Å². The summed E-state index contributed by atoms with van der Waals surface area (Å²) in [5.41, 5.74) is 3.97. The molecule has 134 valence electrons. The van der Waals surface area contributed by atoms with Crippen LogP contribution < -0.4 is 14.8 Å². The summed E-state index contributed by atoms with van der Waals surface area (Å²) in [7, 11) is 0. The fourth-order valence-corrected chi connectivity index (χ4v) is 3.29. The lowest BCUT2D eigenvalue weighted by molar-refractivity contribution is 0.289. The van der Waals surface area contributed by atoms with Crippen molar-refractivity contribution in [3.8, 4) is 11.5 Å². The molecule has 0 saturated heterocycles. The summed E-state index contributed by atoms with van der Waals surface area (Å²) in [6.45, 7) is 8.92. The zero-order valence-electron chi connectivity index (χ0n) is 15.5. The number of rotatable bonds is 7. The van der Waals surface area contributed by atoms with Gasteiger partial charge in [0.25, 0.3) is 0 Å². The Balaban J connectivity index is 1.79. The fourth-order valence-electron chi connectivity index (χ4n) is 3.29. The predicted molar refractivity (Wildman–Crippen MR) is 103 cm³/mol. The minimum atomic E-state index is 0.216. The van der Waals surface area contributed by atoms with Crippen LogP contribution in [0.1, 0.15) is 49.9 Å². The summed E-state index contributed by atoms with van der Waals surface area (Å²) < 4.78 is 11.6. The SMILES string of the molecule is CCOc1ccc2c(c1)CCNC2c1cccc(OCCC(C)C)c1. The maximum absolute atomic E-state index is 5.94. The van der Waals surface area contributed by atoms with Crippen molar-refractivity contribution in [2.75, 3.05) is 19.8 Å². The first kappa shape index (κ1) is 17.8. The molecule has 3 nitrogen and oxygen atoms in total. The van der Waals surface area contributed by atoms with Gasteiger partial charge in [-0.2, -0.15) is 0 Å². The normalized spacial score (nSPS) is 16.6. The van der Waals surface area contributed by atoms with Gasteiger partial charge in [0.2, 0.25) is 0 Å². The molecular weight excluding hydrogens is 310 g/mol. The molecule has 0 amide bonds. The van der Waals surface area contributed by atoms with Crippen LogP contribution in [0.25, 0.3) is 0 Å². The summed E-state index contributed by atoms with van der Waals surface area (Å²) in [4.78, 5) is 0. The summed E-state index contributed by atoms with van der Waals surface area (Å²) in [6.07, 6.45) is 2.12. The summed E-state index contributed by atoms with van der Waals surface area (Å²) in [5.74, 6) is 2.58. The van der Waals surface area contributed by atoms with Gasteiger partial charge in [-0.25, -0.2) is 0 Å². The Bertz CT molecular complexity index is 696. The van der Waals surface area contributed by atoms with Crippen molar-refractivity contribution in [3.05, 3.63) is 59.2 Å². The molecule has 1 heterocycles. The van der Waals surface area contributed by atoms with E-state index in [1.807, 2.05) is 13.0 Å². The van der Waals surface area contributed by atoms with Crippen molar-refractivity contribution in [1.29, 1.82) is 0 Å². The van der Waals surface area contributed by atoms with Crippen LogP contribution >= 0.6 is 0 Å². The molecule has 25 heavy (non-hydrogen) atoms. The molecule has 0 saturated carbocycles. The number of nitrogens with one attached hydrogen (secondary N) is 1. The number of hydrogen-bond acceptors (Lipinski definition) is 3. The van der Waals surface area contributed by atoms with E-state index in [-0.39, 0.29) is 6.04 Å². The summed E-state index contributed by atoms with van der Waals surface area (Å²) in [5, 5.41) is 3.65. The van der Waals surface area contributed by atoms with E-state index in [1.54, 1.807) is 0 Å². The molecule has 0 radical (unpaired) electrons.